The molecule has 0 spiro atoms. The maximum Gasteiger partial charge on any atom is 0.324 e. The average Bonchev–Trinajstić information content (AvgIpc) is 2.33. The number of carboxylic acid groups (broad SMARTS) is 1. The van der Waals surface area contributed by atoms with E-state index in [-0.39, 0.29) is 12.4 Å². The zero-order valence-electron chi connectivity index (χ0n) is 11.2. The Bertz CT molecular complexity index is 477. The van der Waals surface area contributed by atoms with Gasteiger partial charge in [-0.3, -0.25) is 10.1 Å². The third kappa shape index (κ3) is 4.86. The van der Waals surface area contributed by atoms with E-state index in [0.717, 1.165) is 0 Å². The van der Waals surface area contributed by atoms with Gasteiger partial charge in [-0.05, 0) is 20.3 Å². The maximum absolute atomic E-state index is 11.7. The largest absolute Gasteiger partial charge is 0.481 e. The van der Waals surface area contributed by atoms with E-state index in [9.17, 15) is 9.59 Å². The summed E-state index contributed by atoms with van der Waals surface area (Å²) in [7, 11) is 1.58. The Morgan fingerprint density at radius 2 is 1.95 bits per heavy atom. The highest BCUT2D eigenvalue weighted by Crippen LogP contribution is 2.03. The number of nitrogens with zero attached hydrogens (tertiary/aromatic N) is 4. The zero-order chi connectivity index (χ0) is 14.4. The minimum atomic E-state index is -0.879. The van der Waals surface area contributed by atoms with Gasteiger partial charge in [-0.2, -0.15) is 5.10 Å². The number of amides is 2. The minimum absolute atomic E-state index is 0.0271. The normalized spacial score (nSPS) is 10.1. The van der Waals surface area contributed by atoms with Crippen molar-refractivity contribution in [3.05, 3.63) is 11.4 Å². The number of carboxylic acids is 1. The summed E-state index contributed by atoms with van der Waals surface area (Å²) in [6.45, 7) is 3.89. The van der Waals surface area contributed by atoms with Crippen LogP contribution in [0.25, 0.3) is 0 Å². The molecule has 0 aliphatic rings. The number of urea groups is 1. The SMILES string of the molecule is Cc1nnc(NC(=O)N(C)CCCC(=O)O)nc1C. The summed E-state index contributed by atoms with van der Waals surface area (Å²) in [4.78, 5) is 27.6. The molecule has 19 heavy (non-hydrogen) atoms. The van der Waals surface area contributed by atoms with Crippen molar-refractivity contribution in [3.8, 4) is 0 Å². The fraction of sp³-hybridized carbons (Fsp3) is 0.545. The van der Waals surface area contributed by atoms with E-state index >= 15 is 0 Å². The highest BCUT2D eigenvalue weighted by atomic mass is 16.4. The molecule has 1 aromatic rings. The van der Waals surface area contributed by atoms with Gasteiger partial charge in [0.2, 0.25) is 0 Å². The second kappa shape index (κ2) is 6.62. The first-order valence-electron chi connectivity index (χ1n) is 5.82. The Hall–Kier alpha value is -2.25. The fourth-order valence-electron chi connectivity index (χ4n) is 1.27. The summed E-state index contributed by atoms with van der Waals surface area (Å²) in [5.74, 6) is -0.742. The predicted molar refractivity (Wildman–Crippen MR) is 67.8 cm³/mol. The van der Waals surface area contributed by atoms with E-state index in [2.05, 4.69) is 20.5 Å². The van der Waals surface area contributed by atoms with Crippen LogP contribution in [0.15, 0.2) is 0 Å². The third-order valence-corrected chi connectivity index (χ3v) is 2.54. The lowest BCUT2D eigenvalue weighted by Crippen LogP contribution is -2.33. The van der Waals surface area contributed by atoms with Crippen molar-refractivity contribution in [2.45, 2.75) is 26.7 Å². The van der Waals surface area contributed by atoms with Gasteiger partial charge >= 0.3 is 12.0 Å². The summed E-state index contributed by atoms with van der Waals surface area (Å²) < 4.78 is 0. The molecule has 0 atom stereocenters. The summed E-state index contributed by atoms with van der Waals surface area (Å²) in [6, 6.07) is -0.393. The van der Waals surface area contributed by atoms with Gasteiger partial charge in [0.05, 0.1) is 11.4 Å². The second-order valence-corrected chi connectivity index (χ2v) is 4.16. The number of anilines is 1. The predicted octanol–water partition coefficient (Wildman–Crippen LogP) is 0.817. The molecule has 104 valence electrons. The summed E-state index contributed by atoms with van der Waals surface area (Å²) in [5.41, 5.74) is 1.40. The van der Waals surface area contributed by atoms with Crippen LogP contribution in [-0.4, -0.2) is 50.8 Å². The lowest BCUT2D eigenvalue weighted by molar-refractivity contribution is -0.137. The molecule has 0 aliphatic heterocycles. The van der Waals surface area contributed by atoms with Crippen LogP contribution in [-0.2, 0) is 4.79 Å². The third-order valence-electron chi connectivity index (χ3n) is 2.54. The number of aliphatic carboxylic acids is 1. The van der Waals surface area contributed by atoms with Crippen molar-refractivity contribution in [1.29, 1.82) is 0 Å². The Balaban J connectivity index is 2.49. The van der Waals surface area contributed by atoms with Crippen molar-refractivity contribution in [2.75, 3.05) is 18.9 Å². The molecule has 0 fully saturated rings. The lowest BCUT2D eigenvalue weighted by Gasteiger charge is -2.16. The number of aryl methyl sites for hydroxylation is 2. The highest BCUT2D eigenvalue weighted by molar-refractivity contribution is 5.87. The van der Waals surface area contributed by atoms with E-state index < -0.39 is 12.0 Å². The van der Waals surface area contributed by atoms with Crippen LogP contribution >= 0.6 is 0 Å². The van der Waals surface area contributed by atoms with Crippen LogP contribution in [0.5, 0.6) is 0 Å². The molecule has 1 aromatic heterocycles. The van der Waals surface area contributed by atoms with Crippen molar-refractivity contribution in [3.63, 3.8) is 0 Å². The van der Waals surface area contributed by atoms with Gasteiger partial charge in [-0.25, -0.2) is 9.78 Å². The van der Waals surface area contributed by atoms with Crippen LogP contribution in [0.3, 0.4) is 0 Å². The van der Waals surface area contributed by atoms with E-state index in [0.29, 0.717) is 24.4 Å². The first-order valence-corrected chi connectivity index (χ1v) is 5.82. The first-order chi connectivity index (χ1) is 8.90. The smallest absolute Gasteiger partial charge is 0.324 e. The van der Waals surface area contributed by atoms with Gasteiger partial charge in [0.1, 0.15) is 0 Å². The molecular weight excluding hydrogens is 250 g/mol. The number of hydrogen-bond donors (Lipinski definition) is 2. The molecule has 0 bridgehead atoms. The molecule has 8 heteroatoms. The van der Waals surface area contributed by atoms with Crippen molar-refractivity contribution in [2.24, 2.45) is 0 Å². The van der Waals surface area contributed by atoms with Crippen LogP contribution in [0, 0.1) is 13.8 Å². The van der Waals surface area contributed by atoms with Gasteiger partial charge in [0, 0.05) is 20.0 Å². The average molecular weight is 267 g/mol. The monoisotopic (exact) mass is 267 g/mol. The molecule has 2 N–H and O–H groups in total. The fourth-order valence-corrected chi connectivity index (χ4v) is 1.27. The molecule has 2 amide bonds. The number of rotatable bonds is 5. The van der Waals surface area contributed by atoms with Gasteiger partial charge in [-0.15, -0.1) is 5.10 Å². The molecular formula is C11H17N5O3. The highest BCUT2D eigenvalue weighted by Gasteiger charge is 2.11. The summed E-state index contributed by atoms with van der Waals surface area (Å²) in [5, 5.41) is 18.6. The molecule has 0 radical (unpaired) electrons. The lowest BCUT2D eigenvalue weighted by atomic mass is 10.3. The van der Waals surface area contributed by atoms with Gasteiger partial charge in [-0.1, -0.05) is 0 Å². The number of carbonyl (C=O) groups excluding carboxylic acids is 1. The van der Waals surface area contributed by atoms with Gasteiger partial charge in [0.25, 0.3) is 5.95 Å². The molecule has 0 aromatic carbocycles. The quantitative estimate of drug-likeness (QED) is 0.817. The Labute approximate surface area is 110 Å². The summed E-state index contributed by atoms with van der Waals surface area (Å²) in [6.07, 6.45) is 0.421. The molecule has 8 nitrogen and oxygen atoms in total. The van der Waals surface area contributed by atoms with E-state index in [1.807, 2.05) is 0 Å². The molecule has 0 aliphatic carbocycles. The van der Waals surface area contributed by atoms with E-state index in [4.69, 9.17) is 5.11 Å². The Morgan fingerprint density at radius 3 is 2.53 bits per heavy atom. The molecule has 0 saturated carbocycles. The topological polar surface area (TPSA) is 108 Å². The van der Waals surface area contributed by atoms with Crippen LogP contribution < -0.4 is 5.32 Å². The molecule has 0 saturated heterocycles. The number of aromatic nitrogens is 3. The van der Waals surface area contributed by atoms with Crippen molar-refractivity contribution >= 4 is 17.9 Å². The Kier molecular flexibility index (Phi) is 5.16. The van der Waals surface area contributed by atoms with Gasteiger partial charge < -0.3 is 10.0 Å². The van der Waals surface area contributed by atoms with Crippen LogP contribution in [0.1, 0.15) is 24.2 Å². The van der Waals surface area contributed by atoms with Crippen molar-refractivity contribution in [1.82, 2.24) is 20.1 Å². The van der Waals surface area contributed by atoms with Crippen LogP contribution in [0.4, 0.5) is 10.7 Å². The summed E-state index contributed by atoms with van der Waals surface area (Å²) >= 11 is 0. The standard InChI is InChI=1S/C11H17N5O3/c1-7-8(2)14-15-10(12-7)13-11(19)16(3)6-4-5-9(17)18/h4-6H2,1-3H3,(H,17,18)(H,12,13,15,19). The molecule has 0 unspecified atom stereocenters. The molecule has 1 rings (SSSR count). The maximum atomic E-state index is 11.7. The van der Waals surface area contributed by atoms with Gasteiger partial charge in [0.15, 0.2) is 0 Å². The number of carbonyl (C=O) groups is 2. The zero-order valence-corrected chi connectivity index (χ0v) is 11.2. The van der Waals surface area contributed by atoms with Crippen molar-refractivity contribution < 1.29 is 14.7 Å². The number of nitrogens with one attached hydrogen (secondary N) is 1. The number of hydrogen-bond acceptors (Lipinski definition) is 5. The first kappa shape index (κ1) is 14.8. The minimum Gasteiger partial charge on any atom is -0.481 e. The van der Waals surface area contributed by atoms with Crippen LogP contribution in [0.2, 0.25) is 0 Å². The second-order valence-electron chi connectivity index (χ2n) is 4.16. The van der Waals surface area contributed by atoms with E-state index in [1.165, 1.54) is 4.90 Å². The molecule has 1 heterocycles. The van der Waals surface area contributed by atoms with E-state index in [1.54, 1.807) is 20.9 Å². The Morgan fingerprint density at radius 1 is 1.26 bits per heavy atom.